The van der Waals surface area contributed by atoms with E-state index in [-0.39, 0.29) is 23.5 Å². The van der Waals surface area contributed by atoms with Crippen LogP contribution < -0.4 is 5.32 Å². The summed E-state index contributed by atoms with van der Waals surface area (Å²) in [6.45, 7) is 4.49. The lowest BCUT2D eigenvalue weighted by Gasteiger charge is -2.23. The van der Waals surface area contributed by atoms with Crippen molar-refractivity contribution in [2.75, 3.05) is 33.2 Å². The first-order valence-corrected chi connectivity index (χ1v) is 7.43. The third-order valence-corrected chi connectivity index (χ3v) is 3.99. The molecule has 2 amide bonds. The Bertz CT molecular complexity index is 533. The summed E-state index contributed by atoms with van der Waals surface area (Å²) in [5.41, 5.74) is 0.994. The van der Waals surface area contributed by atoms with Crippen molar-refractivity contribution >= 4 is 11.8 Å². The zero-order valence-corrected chi connectivity index (χ0v) is 13.0. The maximum Gasteiger partial charge on any atom is 0.225 e. The third kappa shape index (κ3) is 4.27. The Morgan fingerprint density at radius 1 is 1.23 bits per heavy atom. The molecule has 2 rings (SSSR count). The Morgan fingerprint density at radius 3 is 2.50 bits per heavy atom. The van der Waals surface area contributed by atoms with E-state index in [1.807, 2.05) is 0 Å². The summed E-state index contributed by atoms with van der Waals surface area (Å²) in [5.74, 6) is -0.586. The summed E-state index contributed by atoms with van der Waals surface area (Å²) in [4.78, 5) is 27.5. The summed E-state index contributed by atoms with van der Waals surface area (Å²) in [6.07, 6.45) is 0. The van der Waals surface area contributed by atoms with Crippen LogP contribution >= 0.6 is 0 Å². The Morgan fingerprint density at radius 2 is 1.91 bits per heavy atom. The predicted octanol–water partition coefficient (Wildman–Crippen LogP) is 0.852. The molecule has 0 radical (unpaired) electrons. The minimum atomic E-state index is -0.259. The Labute approximate surface area is 130 Å². The molecule has 1 aromatic carbocycles. The van der Waals surface area contributed by atoms with Crippen molar-refractivity contribution < 1.29 is 14.0 Å². The molecule has 1 saturated heterocycles. The molecule has 0 aromatic heterocycles. The number of nitrogens with one attached hydrogen (secondary N) is 1. The van der Waals surface area contributed by atoms with Crippen LogP contribution in [0.2, 0.25) is 0 Å². The molecule has 1 aliphatic rings. The molecule has 1 atom stereocenters. The van der Waals surface area contributed by atoms with Gasteiger partial charge in [-0.25, -0.2) is 4.39 Å². The maximum absolute atomic E-state index is 13.0. The van der Waals surface area contributed by atoms with Gasteiger partial charge in [-0.05, 0) is 17.7 Å². The van der Waals surface area contributed by atoms with Crippen molar-refractivity contribution in [3.63, 3.8) is 0 Å². The summed E-state index contributed by atoms with van der Waals surface area (Å²) in [5, 5.41) is 2.66. The van der Waals surface area contributed by atoms with Crippen LogP contribution in [-0.2, 0) is 16.1 Å². The average Bonchev–Trinajstić information content (AvgIpc) is 2.71. The normalized spacial score (nSPS) is 19.6. The van der Waals surface area contributed by atoms with Crippen molar-refractivity contribution in [2.24, 2.45) is 5.92 Å². The monoisotopic (exact) mass is 307 g/mol. The van der Waals surface area contributed by atoms with Crippen LogP contribution in [0, 0.1) is 11.7 Å². The number of benzene rings is 1. The van der Waals surface area contributed by atoms with Gasteiger partial charge in [-0.2, -0.15) is 0 Å². The van der Waals surface area contributed by atoms with Gasteiger partial charge in [0.05, 0.1) is 5.92 Å². The first-order valence-electron chi connectivity index (χ1n) is 7.43. The predicted molar refractivity (Wildman–Crippen MR) is 81.5 cm³/mol. The second-order valence-electron chi connectivity index (χ2n) is 5.64. The molecule has 0 spiro atoms. The molecule has 1 heterocycles. The van der Waals surface area contributed by atoms with E-state index in [4.69, 9.17) is 0 Å². The standard InChI is InChI=1S/C16H22FN3O2/c1-12(21)20-8-7-19(10-14(11-20)16(22)18-2)9-13-3-5-15(17)6-4-13/h3-6,14H,7-11H2,1-2H3,(H,18,22). The van der Waals surface area contributed by atoms with Gasteiger partial charge in [0.25, 0.3) is 0 Å². The topological polar surface area (TPSA) is 52.7 Å². The van der Waals surface area contributed by atoms with Gasteiger partial charge in [-0.15, -0.1) is 0 Å². The van der Waals surface area contributed by atoms with Gasteiger partial charge in [0.15, 0.2) is 0 Å². The van der Waals surface area contributed by atoms with E-state index in [1.54, 1.807) is 24.1 Å². The van der Waals surface area contributed by atoms with Gasteiger partial charge in [0.2, 0.25) is 11.8 Å². The van der Waals surface area contributed by atoms with Gasteiger partial charge >= 0.3 is 0 Å². The van der Waals surface area contributed by atoms with Crippen molar-refractivity contribution in [3.8, 4) is 0 Å². The minimum Gasteiger partial charge on any atom is -0.359 e. The van der Waals surface area contributed by atoms with E-state index in [2.05, 4.69) is 10.2 Å². The second kappa shape index (κ2) is 7.35. The van der Waals surface area contributed by atoms with Crippen LogP contribution in [0.3, 0.4) is 0 Å². The highest BCUT2D eigenvalue weighted by atomic mass is 19.1. The highest BCUT2D eigenvalue weighted by molar-refractivity contribution is 5.80. The number of rotatable bonds is 3. The van der Waals surface area contributed by atoms with Gasteiger partial charge in [0.1, 0.15) is 5.82 Å². The summed E-state index contributed by atoms with van der Waals surface area (Å²) < 4.78 is 13.0. The van der Waals surface area contributed by atoms with Gasteiger partial charge in [-0.1, -0.05) is 12.1 Å². The molecule has 6 heteroatoms. The number of carbonyl (C=O) groups excluding carboxylic acids is 2. The largest absolute Gasteiger partial charge is 0.359 e. The molecule has 120 valence electrons. The summed E-state index contributed by atoms with van der Waals surface area (Å²) in [7, 11) is 1.61. The van der Waals surface area contributed by atoms with E-state index in [0.717, 1.165) is 5.56 Å². The zero-order chi connectivity index (χ0) is 16.1. The van der Waals surface area contributed by atoms with Gasteiger partial charge < -0.3 is 10.2 Å². The van der Waals surface area contributed by atoms with Crippen molar-refractivity contribution in [3.05, 3.63) is 35.6 Å². The van der Waals surface area contributed by atoms with Crippen LogP contribution in [-0.4, -0.2) is 54.8 Å². The van der Waals surface area contributed by atoms with Gasteiger partial charge in [-0.3, -0.25) is 14.5 Å². The van der Waals surface area contributed by atoms with Crippen LogP contribution in [0.5, 0.6) is 0 Å². The van der Waals surface area contributed by atoms with E-state index < -0.39 is 0 Å². The van der Waals surface area contributed by atoms with Gasteiger partial charge in [0, 0.05) is 46.7 Å². The zero-order valence-electron chi connectivity index (χ0n) is 13.0. The van der Waals surface area contributed by atoms with Crippen LogP contribution in [0.4, 0.5) is 4.39 Å². The van der Waals surface area contributed by atoms with Crippen molar-refractivity contribution in [1.82, 2.24) is 15.1 Å². The molecule has 0 bridgehead atoms. The number of nitrogens with zero attached hydrogens (tertiary/aromatic N) is 2. The Balaban J connectivity index is 2.09. The molecule has 0 aliphatic carbocycles. The molecule has 1 fully saturated rings. The van der Waals surface area contributed by atoms with E-state index in [1.165, 1.54) is 19.1 Å². The molecule has 5 nitrogen and oxygen atoms in total. The molecule has 1 N–H and O–H groups in total. The Hall–Kier alpha value is -1.95. The van der Waals surface area contributed by atoms with Crippen LogP contribution in [0.25, 0.3) is 0 Å². The van der Waals surface area contributed by atoms with Crippen molar-refractivity contribution in [2.45, 2.75) is 13.5 Å². The second-order valence-corrected chi connectivity index (χ2v) is 5.64. The summed E-state index contributed by atoms with van der Waals surface area (Å²) in [6, 6.07) is 6.37. The molecule has 22 heavy (non-hydrogen) atoms. The lowest BCUT2D eigenvalue weighted by atomic mass is 10.1. The maximum atomic E-state index is 13.0. The summed E-state index contributed by atoms with van der Waals surface area (Å²) >= 11 is 0. The fraction of sp³-hybridized carbons (Fsp3) is 0.500. The lowest BCUT2D eigenvalue weighted by Crippen LogP contribution is -2.40. The highest BCUT2D eigenvalue weighted by Gasteiger charge is 2.28. The number of amides is 2. The van der Waals surface area contributed by atoms with E-state index in [9.17, 15) is 14.0 Å². The smallest absolute Gasteiger partial charge is 0.225 e. The van der Waals surface area contributed by atoms with Crippen LogP contribution in [0.15, 0.2) is 24.3 Å². The third-order valence-electron chi connectivity index (χ3n) is 3.99. The quantitative estimate of drug-likeness (QED) is 0.901. The molecule has 1 unspecified atom stereocenters. The first-order chi connectivity index (χ1) is 10.5. The fourth-order valence-electron chi connectivity index (χ4n) is 2.73. The molecule has 1 aromatic rings. The first kappa shape index (κ1) is 16.4. The molecule has 1 aliphatic heterocycles. The van der Waals surface area contributed by atoms with E-state index in [0.29, 0.717) is 32.7 Å². The molecular formula is C16H22FN3O2. The fourth-order valence-corrected chi connectivity index (χ4v) is 2.73. The minimum absolute atomic E-state index is 0.0162. The lowest BCUT2D eigenvalue weighted by molar-refractivity contribution is -0.130. The van der Waals surface area contributed by atoms with E-state index >= 15 is 0 Å². The number of carbonyl (C=O) groups is 2. The highest BCUT2D eigenvalue weighted by Crippen LogP contribution is 2.14. The number of halogens is 1. The average molecular weight is 307 g/mol. The SMILES string of the molecule is CNC(=O)C1CN(Cc2ccc(F)cc2)CCN(C(C)=O)C1. The number of hydrogen-bond acceptors (Lipinski definition) is 3. The van der Waals surface area contributed by atoms with Crippen LogP contribution in [0.1, 0.15) is 12.5 Å². The Kier molecular flexibility index (Phi) is 5.49. The number of hydrogen-bond donors (Lipinski definition) is 1. The molecule has 0 saturated carbocycles. The molecular weight excluding hydrogens is 285 g/mol. The van der Waals surface area contributed by atoms with Crippen molar-refractivity contribution in [1.29, 1.82) is 0 Å².